The van der Waals surface area contributed by atoms with E-state index in [9.17, 15) is 4.79 Å². The van der Waals surface area contributed by atoms with Crippen molar-refractivity contribution in [1.82, 2.24) is 15.0 Å². The maximum atomic E-state index is 13.5. The fourth-order valence-electron chi connectivity index (χ4n) is 5.12. The van der Waals surface area contributed by atoms with E-state index in [2.05, 4.69) is 46.1 Å². The largest absolute Gasteiger partial charge is 0.372 e. The molecule has 1 N–H and O–H groups in total. The first-order valence-electron chi connectivity index (χ1n) is 10.9. The summed E-state index contributed by atoms with van der Waals surface area (Å²) in [6.45, 7) is 4.37. The molecule has 0 spiro atoms. The molecular weight excluding hydrogens is 360 g/mol. The molecule has 29 heavy (non-hydrogen) atoms. The van der Waals surface area contributed by atoms with Gasteiger partial charge in [0.25, 0.3) is 0 Å². The predicted molar refractivity (Wildman–Crippen MR) is 116 cm³/mol. The third-order valence-corrected chi connectivity index (χ3v) is 6.96. The zero-order valence-electron chi connectivity index (χ0n) is 17.1. The minimum absolute atomic E-state index is 0.220. The number of carbonyl (C=O) groups excluding carboxylic acids is 1. The molecule has 2 aromatic heterocycles. The Balaban J connectivity index is 1.53. The topological polar surface area (TPSA) is 61.9 Å². The number of Topliss-reactive ketones (excluding diaryl/α,β-unsaturated/α-hetero) is 1. The number of fused-ring (bicyclic) bond motifs is 1. The lowest BCUT2D eigenvalue weighted by molar-refractivity contribution is 0.0793. The maximum absolute atomic E-state index is 13.5. The first kappa shape index (κ1) is 18.3. The van der Waals surface area contributed by atoms with Crippen LogP contribution in [0, 0.1) is 5.41 Å². The van der Waals surface area contributed by atoms with Crippen LogP contribution in [0.25, 0.3) is 22.4 Å². The molecule has 1 saturated heterocycles. The van der Waals surface area contributed by atoms with Crippen LogP contribution in [0.15, 0.2) is 36.7 Å². The van der Waals surface area contributed by atoms with Crippen LogP contribution in [-0.2, 0) is 0 Å². The SMILES string of the molecule is CCC1(C(=O)c2c[nH]c3ncc(-c4cccc(N5CCCC5)c4)nc23)CCCC1. The lowest BCUT2D eigenvalue weighted by Crippen LogP contribution is -2.27. The van der Waals surface area contributed by atoms with Crippen LogP contribution in [0.2, 0.25) is 0 Å². The normalized spacial score (nSPS) is 18.6. The molecule has 1 saturated carbocycles. The van der Waals surface area contributed by atoms with Crippen LogP contribution in [0.1, 0.15) is 62.2 Å². The lowest BCUT2D eigenvalue weighted by Gasteiger charge is -2.25. The van der Waals surface area contributed by atoms with Gasteiger partial charge in [0.05, 0.1) is 17.5 Å². The summed E-state index contributed by atoms with van der Waals surface area (Å²) in [7, 11) is 0. The Kier molecular flexibility index (Phi) is 4.61. The van der Waals surface area contributed by atoms with Gasteiger partial charge in [-0.05, 0) is 44.2 Å². The molecule has 0 amide bonds. The van der Waals surface area contributed by atoms with Gasteiger partial charge in [-0.1, -0.05) is 31.9 Å². The first-order valence-corrected chi connectivity index (χ1v) is 10.9. The Morgan fingerprint density at radius 1 is 1.17 bits per heavy atom. The average molecular weight is 389 g/mol. The van der Waals surface area contributed by atoms with Crippen molar-refractivity contribution in [3.05, 3.63) is 42.2 Å². The monoisotopic (exact) mass is 388 g/mol. The van der Waals surface area contributed by atoms with Crippen molar-refractivity contribution in [1.29, 1.82) is 0 Å². The van der Waals surface area contributed by atoms with Crippen molar-refractivity contribution in [3.63, 3.8) is 0 Å². The fourth-order valence-corrected chi connectivity index (χ4v) is 5.12. The molecule has 3 heterocycles. The summed E-state index contributed by atoms with van der Waals surface area (Å²) in [6.07, 6.45) is 11.3. The third-order valence-electron chi connectivity index (χ3n) is 6.96. The number of hydrogen-bond acceptors (Lipinski definition) is 4. The molecule has 0 bridgehead atoms. The van der Waals surface area contributed by atoms with Gasteiger partial charge in [-0.25, -0.2) is 9.97 Å². The van der Waals surface area contributed by atoms with Gasteiger partial charge in [0.1, 0.15) is 5.52 Å². The fraction of sp³-hybridized carbons (Fsp3) is 0.458. The summed E-state index contributed by atoms with van der Waals surface area (Å²) in [6, 6.07) is 8.52. The van der Waals surface area contributed by atoms with Gasteiger partial charge in [0.2, 0.25) is 0 Å². The summed E-state index contributed by atoms with van der Waals surface area (Å²) in [5, 5.41) is 0. The van der Waals surface area contributed by atoms with Gasteiger partial charge < -0.3 is 9.88 Å². The lowest BCUT2D eigenvalue weighted by atomic mass is 9.77. The minimum atomic E-state index is -0.220. The van der Waals surface area contributed by atoms with E-state index in [4.69, 9.17) is 4.98 Å². The number of anilines is 1. The van der Waals surface area contributed by atoms with Gasteiger partial charge >= 0.3 is 0 Å². The van der Waals surface area contributed by atoms with E-state index >= 15 is 0 Å². The molecule has 1 aliphatic carbocycles. The molecule has 3 aromatic rings. The molecule has 5 heteroatoms. The van der Waals surface area contributed by atoms with Crippen LogP contribution in [0.3, 0.4) is 0 Å². The zero-order chi connectivity index (χ0) is 19.8. The highest BCUT2D eigenvalue weighted by molar-refractivity contribution is 6.09. The Labute approximate surface area is 171 Å². The van der Waals surface area contributed by atoms with E-state index in [1.165, 1.54) is 18.5 Å². The molecule has 0 unspecified atom stereocenters. The number of benzene rings is 1. The minimum Gasteiger partial charge on any atom is -0.372 e. The van der Waals surface area contributed by atoms with Gasteiger partial charge in [-0.2, -0.15) is 0 Å². The Hall–Kier alpha value is -2.69. The van der Waals surface area contributed by atoms with Crippen molar-refractivity contribution < 1.29 is 4.79 Å². The summed E-state index contributed by atoms with van der Waals surface area (Å²) in [5.74, 6) is 0.237. The highest BCUT2D eigenvalue weighted by Crippen LogP contribution is 2.44. The van der Waals surface area contributed by atoms with E-state index in [0.29, 0.717) is 16.7 Å². The number of rotatable bonds is 5. The quantitative estimate of drug-likeness (QED) is 0.596. The summed E-state index contributed by atoms with van der Waals surface area (Å²) in [4.78, 5) is 28.5. The van der Waals surface area contributed by atoms with E-state index in [-0.39, 0.29) is 11.2 Å². The maximum Gasteiger partial charge on any atom is 0.172 e. The predicted octanol–water partition coefficient (Wildman–Crippen LogP) is 5.38. The molecule has 0 atom stereocenters. The van der Waals surface area contributed by atoms with E-state index in [1.54, 1.807) is 6.20 Å². The molecule has 5 rings (SSSR count). The van der Waals surface area contributed by atoms with Gasteiger partial charge in [0.15, 0.2) is 11.4 Å². The highest BCUT2D eigenvalue weighted by atomic mass is 16.1. The molecule has 150 valence electrons. The van der Waals surface area contributed by atoms with Crippen LogP contribution in [0.4, 0.5) is 5.69 Å². The molecular formula is C24H28N4O. The van der Waals surface area contributed by atoms with Crippen LogP contribution >= 0.6 is 0 Å². The van der Waals surface area contributed by atoms with Crippen molar-refractivity contribution in [3.8, 4) is 11.3 Å². The third kappa shape index (κ3) is 3.13. The average Bonchev–Trinajstić information content (AvgIpc) is 3.54. The van der Waals surface area contributed by atoms with Crippen LogP contribution < -0.4 is 4.90 Å². The Bertz CT molecular complexity index is 1040. The zero-order valence-corrected chi connectivity index (χ0v) is 17.1. The number of carbonyl (C=O) groups is 1. The summed E-state index contributed by atoms with van der Waals surface area (Å²) in [5.41, 5.74) is 4.99. The first-order chi connectivity index (χ1) is 14.2. The van der Waals surface area contributed by atoms with Crippen molar-refractivity contribution in [2.24, 2.45) is 5.41 Å². The standard InChI is InChI=1S/C24H28N4O/c1-2-24(10-3-4-11-24)22(29)19-15-25-23-21(19)27-20(16-26-23)17-8-7-9-18(14-17)28-12-5-6-13-28/h7-9,14-16H,2-6,10-13H2,1H3,(H,25,26). The summed E-state index contributed by atoms with van der Waals surface area (Å²) >= 11 is 0. The van der Waals surface area contributed by atoms with Crippen molar-refractivity contribution in [2.75, 3.05) is 18.0 Å². The number of nitrogens with one attached hydrogen (secondary N) is 1. The Morgan fingerprint density at radius 2 is 1.97 bits per heavy atom. The van der Waals surface area contributed by atoms with Gasteiger partial charge in [-0.3, -0.25) is 4.79 Å². The van der Waals surface area contributed by atoms with E-state index in [0.717, 1.165) is 56.5 Å². The van der Waals surface area contributed by atoms with Crippen LogP contribution in [0.5, 0.6) is 0 Å². The number of aromatic amines is 1. The van der Waals surface area contributed by atoms with Gasteiger partial charge in [0, 0.05) is 36.0 Å². The second-order valence-corrected chi connectivity index (χ2v) is 8.57. The van der Waals surface area contributed by atoms with Crippen LogP contribution in [-0.4, -0.2) is 33.8 Å². The molecule has 1 aromatic carbocycles. The molecule has 1 aliphatic heterocycles. The molecule has 2 fully saturated rings. The number of aromatic nitrogens is 3. The number of ketones is 1. The second kappa shape index (κ2) is 7.29. The number of hydrogen-bond donors (Lipinski definition) is 1. The van der Waals surface area contributed by atoms with E-state index in [1.807, 2.05) is 6.20 Å². The number of H-pyrrole nitrogens is 1. The molecule has 0 radical (unpaired) electrons. The summed E-state index contributed by atoms with van der Waals surface area (Å²) < 4.78 is 0. The van der Waals surface area contributed by atoms with Gasteiger partial charge in [-0.15, -0.1) is 0 Å². The molecule has 2 aliphatic rings. The smallest absolute Gasteiger partial charge is 0.172 e. The highest BCUT2D eigenvalue weighted by Gasteiger charge is 2.40. The Morgan fingerprint density at radius 3 is 2.72 bits per heavy atom. The van der Waals surface area contributed by atoms with E-state index < -0.39 is 0 Å². The molecule has 5 nitrogen and oxygen atoms in total. The van der Waals surface area contributed by atoms with Crippen molar-refractivity contribution in [2.45, 2.75) is 51.9 Å². The van der Waals surface area contributed by atoms with Crippen molar-refractivity contribution >= 4 is 22.6 Å². The second-order valence-electron chi connectivity index (χ2n) is 8.57. The number of nitrogens with zero attached hydrogens (tertiary/aromatic N) is 3.